The van der Waals surface area contributed by atoms with E-state index in [0.717, 1.165) is 6.42 Å². The smallest absolute Gasteiger partial charge is 0.251 e. The second kappa shape index (κ2) is 6.42. The Labute approximate surface area is 105 Å². The molecule has 0 bridgehead atoms. The van der Waals surface area contributed by atoms with Gasteiger partial charge in [0.15, 0.2) is 0 Å². The van der Waals surface area contributed by atoms with Gasteiger partial charge >= 0.3 is 0 Å². The van der Waals surface area contributed by atoms with Gasteiger partial charge in [-0.1, -0.05) is 23.2 Å². The van der Waals surface area contributed by atoms with Crippen LogP contribution in [0.5, 0.6) is 0 Å². The van der Waals surface area contributed by atoms with Gasteiger partial charge in [0.1, 0.15) is 0 Å². The van der Waals surface area contributed by atoms with E-state index in [9.17, 15) is 4.79 Å². The fraction of sp³-hybridized carbons (Fsp3) is 0.250. The first-order chi connectivity index (χ1) is 7.65. The van der Waals surface area contributed by atoms with E-state index >= 15 is 0 Å². The van der Waals surface area contributed by atoms with Crippen LogP contribution in [0.2, 0.25) is 10.0 Å². The quantitative estimate of drug-likeness (QED) is 0.650. The average molecular weight is 256 g/mol. The van der Waals surface area contributed by atoms with Crippen molar-refractivity contribution in [2.45, 2.75) is 12.8 Å². The zero-order valence-electron chi connectivity index (χ0n) is 8.59. The number of benzene rings is 1. The Hall–Kier alpha value is -1.17. The molecule has 0 saturated heterocycles. The Morgan fingerprint density at radius 3 is 2.75 bits per heavy atom. The van der Waals surface area contributed by atoms with Crippen molar-refractivity contribution in [1.82, 2.24) is 5.32 Å². The van der Waals surface area contributed by atoms with Crippen molar-refractivity contribution >= 4 is 29.1 Å². The van der Waals surface area contributed by atoms with Crippen LogP contribution in [0.15, 0.2) is 18.2 Å². The summed E-state index contributed by atoms with van der Waals surface area (Å²) in [4.78, 5) is 11.6. The average Bonchev–Trinajstić information content (AvgIpc) is 2.28. The van der Waals surface area contributed by atoms with Gasteiger partial charge in [-0.15, -0.1) is 12.3 Å². The summed E-state index contributed by atoms with van der Waals surface area (Å²) in [6.45, 7) is 0.559. The third kappa shape index (κ3) is 3.77. The topological polar surface area (TPSA) is 29.1 Å². The molecule has 0 atom stereocenters. The first-order valence-electron chi connectivity index (χ1n) is 4.82. The molecular formula is C12H11Cl2NO. The number of terminal acetylenes is 1. The molecule has 0 saturated carbocycles. The summed E-state index contributed by atoms with van der Waals surface area (Å²) in [6.07, 6.45) is 6.52. The molecule has 1 aromatic rings. The zero-order valence-corrected chi connectivity index (χ0v) is 10.1. The first-order valence-corrected chi connectivity index (χ1v) is 5.57. The Morgan fingerprint density at radius 1 is 1.38 bits per heavy atom. The van der Waals surface area contributed by atoms with Crippen LogP contribution >= 0.6 is 23.2 Å². The summed E-state index contributed by atoms with van der Waals surface area (Å²) < 4.78 is 0. The number of carbonyl (C=O) groups excluding carboxylic acids is 1. The molecule has 0 aromatic heterocycles. The van der Waals surface area contributed by atoms with E-state index in [1.54, 1.807) is 18.2 Å². The lowest BCUT2D eigenvalue weighted by Crippen LogP contribution is -2.24. The van der Waals surface area contributed by atoms with E-state index in [-0.39, 0.29) is 5.91 Å². The second-order valence-electron chi connectivity index (χ2n) is 3.19. The van der Waals surface area contributed by atoms with E-state index < -0.39 is 0 Å². The summed E-state index contributed by atoms with van der Waals surface area (Å²) in [5.74, 6) is 2.34. The summed E-state index contributed by atoms with van der Waals surface area (Å²) in [7, 11) is 0. The van der Waals surface area contributed by atoms with Gasteiger partial charge in [0.25, 0.3) is 5.91 Å². The lowest BCUT2D eigenvalue weighted by Gasteiger charge is -2.04. The van der Waals surface area contributed by atoms with Gasteiger partial charge < -0.3 is 5.32 Å². The van der Waals surface area contributed by atoms with Crippen LogP contribution in [0.4, 0.5) is 0 Å². The second-order valence-corrected chi connectivity index (χ2v) is 4.01. The van der Waals surface area contributed by atoms with E-state index in [0.29, 0.717) is 28.6 Å². The molecular weight excluding hydrogens is 245 g/mol. The van der Waals surface area contributed by atoms with E-state index in [1.807, 2.05) is 0 Å². The highest BCUT2D eigenvalue weighted by Crippen LogP contribution is 2.22. The molecule has 1 aromatic carbocycles. The lowest BCUT2D eigenvalue weighted by molar-refractivity contribution is 0.0953. The van der Waals surface area contributed by atoms with Crippen molar-refractivity contribution in [1.29, 1.82) is 0 Å². The normalized spacial score (nSPS) is 9.56. The SMILES string of the molecule is C#CCCCNC(=O)c1ccc(Cl)c(Cl)c1. The molecule has 0 aliphatic heterocycles. The Kier molecular flexibility index (Phi) is 5.18. The molecule has 4 heteroatoms. The highest BCUT2D eigenvalue weighted by atomic mass is 35.5. The minimum atomic E-state index is -0.171. The van der Waals surface area contributed by atoms with Crippen molar-refractivity contribution in [3.05, 3.63) is 33.8 Å². The molecule has 0 heterocycles. The van der Waals surface area contributed by atoms with E-state index in [2.05, 4.69) is 11.2 Å². The maximum Gasteiger partial charge on any atom is 0.251 e. The molecule has 1 N–H and O–H groups in total. The Morgan fingerprint density at radius 2 is 2.12 bits per heavy atom. The van der Waals surface area contributed by atoms with Gasteiger partial charge in [0, 0.05) is 18.5 Å². The predicted octanol–water partition coefficient (Wildman–Crippen LogP) is 3.14. The highest BCUT2D eigenvalue weighted by Gasteiger charge is 2.06. The number of hydrogen-bond donors (Lipinski definition) is 1. The first kappa shape index (κ1) is 12.9. The predicted molar refractivity (Wildman–Crippen MR) is 66.9 cm³/mol. The summed E-state index contributed by atoms with van der Waals surface area (Å²) in [5.41, 5.74) is 0.495. The number of nitrogens with one attached hydrogen (secondary N) is 1. The van der Waals surface area contributed by atoms with Crippen LogP contribution in [0, 0.1) is 12.3 Å². The molecule has 2 nitrogen and oxygen atoms in total. The zero-order chi connectivity index (χ0) is 12.0. The lowest BCUT2D eigenvalue weighted by atomic mass is 10.2. The van der Waals surface area contributed by atoms with Crippen LogP contribution in [0.1, 0.15) is 23.2 Å². The fourth-order valence-electron chi connectivity index (χ4n) is 1.13. The molecule has 0 aliphatic rings. The monoisotopic (exact) mass is 255 g/mol. The number of rotatable bonds is 4. The maximum atomic E-state index is 11.6. The van der Waals surface area contributed by atoms with Crippen molar-refractivity contribution in [3.8, 4) is 12.3 Å². The Balaban J connectivity index is 2.53. The molecule has 1 amide bonds. The molecule has 16 heavy (non-hydrogen) atoms. The minimum Gasteiger partial charge on any atom is -0.352 e. The van der Waals surface area contributed by atoms with Crippen LogP contribution in [0.3, 0.4) is 0 Å². The largest absolute Gasteiger partial charge is 0.352 e. The molecule has 84 valence electrons. The van der Waals surface area contributed by atoms with Crippen molar-refractivity contribution in [2.75, 3.05) is 6.54 Å². The summed E-state index contributed by atoms with van der Waals surface area (Å²) in [6, 6.07) is 4.77. The number of hydrogen-bond acceptors (Lipinski definition) is 1. The van der Waals surface area contributed by atoms with E-state index in [1.165, 1.54) is 0 Å². The van der Waals surface area contributed by atoms with Gasteiger partial charge in [-0.05, 0) is 24.6 Å². The van der Waals surface area contributed by atoms with Crippen molar-refractivity contribution in [2.24, 2.45) is 0 Å². The molecule has 1 rings (SSSR count). The van der Waals surface area contributed by atoms with E-state index in [4.69, 9.17) is 29.6 Å². The number of carbonyl (C=O) groups is 1. The van der Waals surface area contributed by atoms with Crippen LogP contribution in [-0.2, 0) is 0 Å². The molecule has 0 fully saturated rings. The highest BCUT2D eigenvalue weighted by molar-refractivity contribution is 6.42. The summed E-state index contributed by atoms with van der Waals surface area (Å²) >= 11 is 11.5. The van der Waals surface area contributed by atoms with Gasteiger partial charge in [-0.2, -0.15) is 0 Å². The number of unbranched alkanes of at least 4 members (excludes halogenated alkanes) is 1. The fourth-order valence-corrected chi connectivity index (χ4v) is 1.43. The number of halogens is 2. The van der Waals surface area contributed by atoms with Gasteiger partial charge in [0.2, 0.25) is 0 Å². The molecule has 0 radical (unpaired) electrons. The molecule has 0 unspecified atom stereocenters. The third-order valence-corrected chi connectivity index (χ3v) is 2.70. The van der Waals surface area contributed by atoms with Crippen LogP contribution in [0.25, 0.3) is 0 Å². The summed E-state index contributed by atoms with van der Waals surface area (Å²) in [5, 5.41) is 3.55. The third-order valence-electron chi connectivity index (χ3n) is 1.97. The van der Waals surface area contributed by atoms with Gasteiger partial charge in [0.05, 0.1) is 10.0 Å². The number of amides is 1. The maximum absolute atomic E-state index is 11.6. The Bertz CT molecular complexity index is 424. The molecule has 0 aliphatic carbocycles. The standard InChI is InChI=1S/C12H11Cl2NO/c1-2-3-4-7-15-12(16)9-5-6-10(13)11(14)8-9/h1,5-6,8H,3-4,7H2,(H,15,16). The molecule has 0 spiro atoms. The van der Waals surface area contributed by atoms with Crippen molar-refractivity contribution in [3.63, 3.8) is 0 Å². The van der Waals surface area contributed by atoms with Gasteiger partial charge in [-0.3, -0.25) is 4.79 Å². The van der Waals surface area contributed by atoms with Crippen molar-refractivity contribution < 1.29 is 4.79 Å². The minimum absolute atomic E-state index is 0.171. The van der Waals surface area contributed by atoms with Gasteiger partial charge in [-0.25, -0.2) is 0 Å². The van der Waals surface area contributed by atoms with Crippen LogP contribution < -0.4 is 5.32 Å². The van der Waals surface area contributed by atoms with Crippen LogP contribution in [-0.4, -0.2) is 12.5 Å².